The van der Waals surface area contributed by atoms with Crippen LogP contribution in [0.15, 0.2) is 18.2 Å². The third-order valence-corrected chi connectivity index (χ3v) is 2.61. The Labute approximate surface area is 126 Å². The number of halogens is 1. The summed E-state index contributed by atoms with van der Waals surface area (Å²) in [6.07, 6.45) is 2.06. The van der Waals surface area contributed by atoms with Gasteiger partial charge < -0.3 is 20.5 Å². The molecule has 0 heterocycles. The van der Waals surface area contributed by atoms with Crippen LogP contribution in [0.3, 0.4) is 0 Å². The minimum absolute atomic E-state index is 0. The Bertz CT molecular complexity index is 413. The van der Waals surface area contributed by atoms with Gasteiger partial charge in [0.25, 0.3) is 5.91 Å². The van der Waals surface area contributed by atoms with Gasteiger partial charge in [-0.1, -0.05) is 13.3 Å². The first kappa shape index (κ1) is 18.5. The van der Waals surface area contributed by atoms with Gasteiger partial charge in [-0.15, -0.1) is 12.4 Å². The lowest BCUT2D eigenvalue weighted by Crippen LogP contribution is -2.28. The summed E-state index contributed by atoms with van der Waals surface area (Å²) < 4.78 is 10.8. The molecule has 0 spiro atoms. The Balaban J connectivity index is 0.00000361. The second-order valence-electron chi connectivity index (χ2n) is 4.11. The molecule has 0 radical (unpaired) electrons. The topological polar surface area (TPSA) is 73.6 Å². The highest BCUT2D eigenvalue weighted by Crippen LogP contribution is 2.28. The standard InChI is InChI=1S/C14H22N2O3.ClH/c1-3-4-9-19-12-6-5-11(10-13(12)18-2)14(17)16-8-7-15;/h5-6,10H,3-4,7-9,15H2,1-2H3,(H,16,17);1H. The molecular formula is C14H23ClN2O3. The molecule has 0 aliphatic heterocycles. The van der Waals surface area contributed by atoms with Gasteiger partial charge >= 0.3 is 0 Å². The highest BCUT2D eigenvalue weighted by atomic mass is 35.5. The number of hydrogen-bond donors (Lipinski definition) is 2. The zero-order chi connectivity index (χ0) is 14.1. The van der Waals surface area contributed by atoms with E-state index in [1.165, 1.54) is 0 Å². The summed E-state index contributed by atoms with van der Waals surface area (Å²) in [5, 5.41) is 2.71. The molecular weight excluding hydrogens is 280 g/mol. The van der Waals surface area contributed by atoms with Crippen molar-refractivity contribution < 1.29 is 14.3 Å². The lowest BCUT2D eigenvalue weighted by Gasteiger charge is -2.12. The van der Waals surface area contributed by atoms with Crippen LogP contribution in [0.5, 0.6) is 11.5 Å². The largest absolute Gasteiger partial charge is 0.493 e. The molecule has 0 aromatic heterocycles. The number of methoxy groups -OCH3 is 1. The van der Waals surface area contributed by atoms with Crippen molar-refractivity contribution in [1.29, 1.82) is 0 Å². The van der Waals surface area contributed by atoms with E-state index in [0.29, 0.717) is 36.8 Å². The highest BCUT2D eigenvalue weighted by molar-refractivity contribution is 5.94. The molecule has 1 aromatic rings. The molecule has 114 valence electrons. The van der Waals surface area contributed by atoms with E-state index < -0.39 is 0 Å². The van der Waals surface area contributed by atoms with Gasteiger partial charge in [-0.2, -0.15) is 0 Å². The molecule has 5 nitrogen and oxygen atoms in total. The quantitative estimate of drug-likeness (QED) is 0.720. The van der Waals surface area contributed by atoms with E-state index in [2.05, 4.69) is 12.2 Å². The first-order valence-corrected chi connectivity index (χ1v) is 6.52. The molecule has 6 heteroatoms. The molecule has 20 heavy (non-hydrogen) atoms. The fraction of sp³-hybridized carbons (Fsp3) is 0.500. The maximum absolute atomic E-state index is 11.8. The monoisotopic (exact) mass is 302 g/mol. The molecule has 0 fully saturated rings. The molecule has 1 rings (SSSR count). The van der Waals surface area contributed by atoms with Crippen LogP contribution in [0, 0.1) is 0 Å². The van der Waals surface area contributed by atoms with Gasteiger partial charge in [-0.3, -0.25) is 4.79 Å². The minimum atomic E-state index is -0.163. The fourth-order valence-electron chi connectivity index (χ4n) is 1.54. The van der Waals surface area contributed by atoms with Crippen molar-refractivity contribution in [1.82, 2.24) is 5.32 Å². The summed E-state index contributed by atoms with van der Waals surface area (Å²) in [6.45, 7) is 3.62. The average Bonchev–Trinajstić information content (AvgIpc) is 2.45. The van der Waals surface area contributed by atoms with Gasteiger partial charge in [0.1, 0.15) is 0 Å². The lowest BCUT2D eigenvalue weighted by molar-refractivity contribution is 0.0954. The predicted octanol–water partition coefficient (Wildman–Crippen LogP) is 1.98. The molecule has 0 bridgehead atoms. The van der Waals surface area contributed by atoms with E-state index in [1.54, 1.807) is 25.3 Å². The molecule has 1 aromatic carbocycles. The zero-order valence-electron chi connectivity index (χ0n) is 12.0. The molecule has 3 N–H and O–H groups in total. The number of ether oxygens (including phenoxy) is 2. The smallest absolute Gasteiger partial charge is 0.251 e. The number of nitrogens with two attached hydrogens (primary N) is 1. The number of carbonyl (C=O) groups is 1. The summed E-state index contributed by atoms with van der Waals surface area (Å²) in [6, 6.07) is 5.15. The number of nitrogens with one attached hydrogen (secondary N) is 1. The van der Waals surface area contributed by atoms with Crippen LogP contribution in [0.4, 0.5) is 0 Å². The van der Waals surface area contributed by atoms with Crippen LogP contribution < -0.4 is 20.5 Å². The Hall–Kier alpha value is -1.46. The van der Waals surface area contributed by atoms with Gasteiger partial charge in [0.2, 0.25) is 0 Å². The van der Waals surface area contributed by atoms with E-state index in [1.807, 2.05) is 0 Å². The number of carbonyl (C=O) groups excluding carboxylic acids is 1. The van der Waals surface area contributed by atoms with Gasteiger partial charge in [-0.25, -0.2) is 0 Å². The van der Waals surface area contributed by atoms with Crippen molar-refractivity contribution in [2.75, 3.05) is 26.8 Å². The Morgan fingerprint density at radius 1 is 1.35 bits per heavy atom. The molecule has 0 atom stereocenters. The minimum Gasteiger partial charge on any atom is -0.493 e. The van der Waals surface area contributed by atoms with E-state index in [-0.39, 0.29) is 18.3 Å². The summed E-state index contributed by atoms with van der Waals surface area (Å²) in [5.74, 6) is 1.06. The predicted molar refractivity (Wildman–Crippen MR) is 82.0 cm³/mol. The van der Waals surface area contributed by atoms with Crippen molar-refractivity contribution in [2.45, 2.75) is 19.8 Å². The molecule has 0 aliphatic carbocycles. The summed E-state index contributed by atoms with van der Waals surface area (Å²) in [7, 11) is 1.56. The van der Waals surface area contributed by atoms with Crippen molar-refractivity contribution in [3.05, 3.63) is 23.8 Å². The van der Waals surface area contributed by atoms with Gasteiger partial charge in [0.15, 0.2) is 11.5 Å². The van der Waals surface area contributed by atoms with E-state index in [0.717, 1.165) is 12.8 Å². The second-order valence-corrected chi connectivity index (χ2v) is 4.11. The van der Waals surface area contributed by atoms with Crippen LogP contribution in [-0.4, -0.2) is 32.7 Å². The molecule has 0 aliphatic rings. The van der Waals surface area contributed by atoms with Crippen molar-refractivity contribution in [3.63, 3.8) is 0 Å². The SMILES string of the molecule is CCCCOc1ccc(C(=O)NCCN)cc1OC.Cl. The normalized spacial score (nSPS) is 9.55. The first-order chi connectivity index (χ1) is 9.22. The van der Waals surface area contributed by atoms with Crippen LogP contribution in [0.2, 0.25) is 0 Å². The van der Waals surface area contributed by atoms with Crippen molar-refractivity contribution in [2.24, 2.45) is 5.73 Å². The van der Waals surface area contributed by atoms with Crippen LogP contribution >= 0.6 is 12.4 Å². The van der Waals surface area contributed by atoms with E-state index >= 15 is 0 Å². The maximum atomic E-state index is 11.8. The van der Waals surface area contributed by atoms with Crippen molar-refractivity contribution >= 4 is 18.3 Å². The van der Waals surface area contributed by atoms with Gasteiger partial charge in [-0.05, 0) is 24.6 Å². The van der Waals surface area contributed by atoms with Crippen molar-refractivity contribution in [3.8, 4) is 11.5 Å². The zero-order valence-corrected chi connectivity index (χ0v) is 12.8. The number of rotatable bonds is 8. The van der Waals surface area contributed by atoms with Crippen LogP contribution in [-0.2, 0) is 0 Å². The maximum Gasteiger partial charge on any atom is 0.251 e. The summed E-state index contributed by atoms with van der Waals surface area (Å²) in [4.78, 5) is 11.8. The molecule has 0 unspecified atom stereocenters. The lowest BCUT2D eigenvalue weighted by atomic mass is 10.2. The molecule has 0 saturated carbocycles. The van der Waals surface area contributed by atoms with E-state index in [4.69, 9.17) is 15.2 Å². The van der Waals surface area contributed by atoms with Gasteiger partial charge in [0.05, 0.1) is 13.7 Å². The molecule has 1 amide bonds. The number of amides is 1. The Morgan fingerprint density at radius 2 is 2.10 bits per heavy atom. The number of hydrogen-bond acceptors (Lipinski definition) is 4. The highest BCUT2D eigenvalue weighted by Gasteiger charge is 2.10. The Morgan fingerprint density at radius 3 is 2.70 bits per heavy atom. The van der Waals surface area contributed by atoms with Crippen LogP contribution in [0.25, 0.3) is 0 Å². The first-order valence-electron chi connectivity index (χ1n) is 6.52. The third-order valence-electron chi connectivity index (χ3n) is 2.61. The number of benzene rings is 1. The average molecular weight is 303 g/mol. The van der Waals surface area contributed by atoms with E-state index in [9.17, 15) is 4.79 Å². The number of unbranched alkanes of at least 4 members (excludes halogenated alkanes) is 1. The Kier molecular flexibility index (Phi) is 9.59. The summed E-state index contributed by atoms with van der Waals surface area (Å²) in [5.41, 5.74) is 5.88. The summed E-state index contributed by atoms with van der Waals surface area (Å²) >= 11 is 0. The third kappa shape index (κ3) is 5.67. The fourth-order valence-corrected chi connectivity index (χ4v) is 1.54. The van der Waals surface area contributed by atoms with Crippen LogP contribution in [0.1, 0.15) is 30.1 Å². The molecule has 0 saturated heterocycles. The van der Waals surface area contributed by atoms with Gasteiger partial charge in [0, 0.05) is 18.7 Å². The second kappa shape index (κ2) is 10.3.